The number of rotatable bonds is 3. The van der Waals surface area contributed by atoms with Crippen molar-refractivity contribution in [1.82, 2.24) is 15.3 Å². The number of aromatic nitrogens is 2. The van der Waals surface area contributed by atoms with Crippen LogP contribution in [0.5, 0.6) is 0 Å². The minimum absolute atomic E-state index is 0.599. The Balaban J connectivity index is 1.72. The first-order chi connectivity index (χ1) is 9.36. The Morgan fingerprint density at radius 2 is 1.84 bits per heavy atom. The number of nitrogens with one attached hydrogen (secondary N) is 2. The summed E-state index contributed by atoms with van der Waals surface area (Å²) < 4.78 is 0. The molecule has 0 aliphatic heterocycles. The third kappa shape index (κ3) is 2.71. The van der Waals surface area contributed by atoms with Gasteiger partial charge in [-0.3, -0.25) is 0 Å². The molecule has 19 heavy (non-hydrogen) atoms. The van der Waals surface area contributed by atoms with Gasteiger partial charge in [-0.15, -0.1) is 0 Å². The second-order valence-electron chi connectivity index (χ2n) is 5.39. The maximum absolute atomic E-state index is 4.59. The number of nitrogens with zero attached hydrogens (tertiary/aromatic N) is 1. The van der Waals surface area contributed by atoms with Crippen LogP contribution in [0.1, 0.15) is 37.4 Å². The Kier molecular flexibility index (Phi) is 3.65. The van der Waals surface area contributed by atoms with Crippen molar-refractivity contribution in [2.24, 2.45) is 0 Å². The van der Waals surface area contributed by atoms with Gasteiger partial charge in [0.15, 0.2) is 0 Å². The first-order valence-electron chi connectivity index (χ1n) is 7.14. The molecular formula is C16H21N3. The summed E-state index contributed by atoms with van der Waals surface area (Å²) >= 11 is 0. The lowest BCUT2D eigenvalue weighted by Crippen LogP contribution is -2.29. The molecule has 1 aliphatic carbocycles. The summed E-state index contributed by atoms with van der Waals surface area (Å²) in [6.07, 6.45) is 6.93. The van der Waals surface area contributed by atoms with E-state index in [4.69, 9.17) is 0 Å². The smallest absolute Gasteiger partial charge is 0.109 e. The Bertz CT molecular complexity index is 510. The molecule has 0 bridgehead atoms. The van der Waals surface area contributed by atoms with Gasteiger partial charge in [0.25, 0.3) is 0 Å². The van der Waals surface area contributed by atoms with Crippen LogP contribution in [-0.2, 0) is 0 Å². The molecule has 100 valence electrons. The number of H-pyrrole nitrogens is 1. The molecule has 1 aromatic carbocycles. The van der Waals surface area contributed by atoms with Gasteiger partial charge in [0.1, 0.15) is 5.82 Å². The van der Waals surface area contributed by atoms with E-state index in [9.17, 15) is 0 Å². The fourth-order valence-electron chi connectivity index (χ4n) is 2.96. The van der Waals surface area contributed by atoms with Gasteiger partial charge in [-0.05, 0) is 38.3 Å². The van der Waals surface area contributed by atoms with Crippen molar-refractivity contribution in [3.63, 3.8) is 0 Å². The Morgan fingerprint density at radius 1 is 1.11 bits per heavy atom. The van der Waals surface area contributed by atoms with E-state index < -0.39 is 0 Å². The molecule has 0 spiro atoms. The summed E-state index contributed by atoms with van der Waals surface area (Å²) in [5, 5.41) is 3.38. The molecule has 2 aromatic rings. The molecule has 1 fully saturated rings. The van der Waals surface area contributed by atoms with Gasteiger partial charge >= 0.3 is 0 Å². The van der Waals surface area contributed by atoms with Crippen LogP contribution in [0.25, 0.3) is 11.3 Å². The minimum Gasteiger partial charge on any atom is -0.342 e. The first kappa shape index (κ1) is 12.4. The predicted octanol–water partition coefficient (Wildman–Crippen LogP) is 3.32. The van der Waals surface area contributed by atoms with Crippen LogP contribution < -0.4 is 5.32 Å². The lowest BCUT2D eigenvalue weighted by Gasteiger charge is -2.26. The van der Waals surface area contributed by atoms with Crippen molar-refractivity contribution in [2.45, 2.75) is 37.6 Å². The number of hydrogen-bond donors (Lipinski definition) is 2. The van der Waals surface area contributed by atoms with Gasteiger partial charge in [-0.1, -0.05) is 30.3 Å². The van der Waals surface area contributed by atoms with Gasteiger partial charge in [0, 0.05) is 12.0 Å². The Hall–Kier alpha value is -1.61. The molecule has 3 heteroatoms. The van der Waals surface area contributed by atoms with Crippen LogP contribution in [0.3, 0.4) is 0 Å². The van der Waals surface area contributed by atoms with Crippen LogP contribution in [0.4, 0.5) is 0 Å². The molecular weight excluding hydrogens is 234 g/mol. The third-order valence-electron chi connectivity index (χ3n) is 4.20. The SMILES string of the molecule is CNC1CCC(c2ncc(-c3ccccc3)[nH]2)CC1. The van der Waals surface area contributed by atoms with Crippen molar-refractivity contribution < 1.29 is 0 Å². The monoisotopic (exact) mass is 255 g/mol. The normalized spacial score (nSPS) is 23.4. The molecule has 1 heterocycles. The average molecular weight is 255 g/mol. The highest BCUT2D eigenvalue weighted by Gasteiger charge is 2.23. The molecule has 0 unspecified atom stereocenters. The second-order valence-corrected chi connectivity index (χ2v) is 5.39. The van der Waals surface area contributed by atoms with Crippen LogP contribution in [-0.4, -0.2) is 23.1 Å². The standard InChI is InChI=1S/C16H21N3/c1-17-14-9-7-13(8-10-14)16-18-11-15(19-16)12-5-3-2-4-6-12/h2-6,11,13-14,17H,7-10H2,1H3,(H,18,19). The molecule has 3 nitrogen and oxygen atoms in total. The number of aromatic amines is 1. The zero-order valence-corrected chi connectivity index (χ0v) is 11.4. The molecule has 1 aromatic heterocycles. The van der Waals surface area contributed by atoms with Crippen LogP contribution >= 0.6 is 0 Å². The topological polar surface area (TPSA) is 40.7 Å². The van der Waals surface area contributed by atoms with E-state index in [1.807, 2.05) is 12.3 Å². The highest BCUT2D eigenvalue weighted by Crippen LogP contribution is 2.32. The minimum atomic E-state index is 0.599. The highest BCUT2D eigenvalue weighted by molar-refractivity contribution is 5.58. The lowest BCUT2D eigenvalue weighted by atomic mass is 9.86. The molecule has 3 rings (SSSR count). The first-order valence-corrected chi connectivity index (χ1v) is 7.14. The van der Waals surface area contributed by atoms with E-state index in [-0.39, 0.29) is 0 Å². The van der Waals surface area contributed by atoms with Gasteiger partial charge in [-0.25, -0.2) is 4.98 Å². The fourth-order valence-corrected chi connectivity index (χ4v) is 2.96. The summed E-state index contributed by atoms with van der Waals surface area (Å²) in [5.74, 6) is 1.76. The summed E-state index contributed by atoms with van der Waals surface area (Å²) in [4.78, 5) is 8.09. The van der Waals surface area contributed by atoms with Crippen molar-refractivity contribution in [2.75, 3.05) is 7.05 Å². The van der Waals surface area contributed by atoms with E-state index >= 15 is 0 Å². The maximum Gasteiger partial charge on any atom is 0.109 e. The quantitative estimate of drug-likeness (QED) is 0.883. The molecule has 0 radical (unpaired) electrons. The van der Waals surface area contributed by atoms with E-state index in [2.05, 4.69) is 46.6 Å². The number of hydrogen-bond acceptors (Lipinski definition) is 2. The lowest BCUT2D eigenvalue weighted by molar-refractivity contribution is 0.352. The largest absolute Gasteiger partial charge is 0.342 e. The maximum atomic E-state index is 4.59. The van der Waals surface area contributed by atoms with Crippen LogP contribution in [0, 0.1) is 0 Å². The average Bonchev–Trinajstić information content (AvgIpc) is 2.98. The summed E-state index contributed by atoms with van der Waals surface area (Å²) in [6, 6.07) is 11.1. The predicted molar refractivity (Wildman–Crippen MR) is 78.1 cm³/mol. The fraction of sp³-hybridized carbons (Fsp3) is 0.438. The van der Waals surface area contributed by atoms with Gasteiger partial charge in [0.2, 0.25) is 0 Å². The molecule has 2 N–H and O–H groups in total. The summed E-state index contributed by atoms with van der Waals surface area (Å²) in [7, 11) is 2.06. The number of benzene rings is 1. The molecule has 0 atom stereocenters. The van der Waals surface area contributed by atoms with E-state index in [1.165, 1.54) is 31.2 Å². The third-order valence-corrected chi connectivity index (χ3v) is 4.20. The van der Waals surface area contributed by atoms with E-state index in [0.717, 1.165) is 11.5 Å². The van der Waals surface area contributed by atoms with Crippen LogP contribution in [0.2, 0.25) is 0 Å². The molecule has 0 amide bonds. The summed E-state index contributed by atoms with van der Waals surface area (Å²) in [5.41, 5.74) is 2.34. The van der Waals surface area contributed by atoms with Gasteiger partial charge in [0.05, 0.1) is 11.9 Å². The van der Waals surface area contributed by atoms with Crippen molar-refractivity contribution >= 4 is 0 Å². The van der Waals surface area contributed by atoms with Gasteiger partial charge < -0.3 is 10.3 Å². The van der Waals surface area contributed by atoms with Gasteiger partial charge in [-0.2, -0.15) is 0 Å². The Labute approximate surface area is 114 Å². The number of imidazole rings is 1. The zero-order chi connectivity index (χ0) is 13.1. The molecule has 1 saturated carbocycles. The van der Waals surface area contributed by atoms with E-state index in [0.29, 0.717) is 12.0 Å². The Morgan fingerprint density at radius 3 is 2.53 bits per heavy atom. The highest BCUT2D eigenvalue weighted by atomic mass is 14.9. The molecule has 0 saturated heterocycles. The van der Waals surface area contributed by atoms with Crippen molar-refractivity contribution in [3.05, 3.63) is 42.4 Å². The van der Waals surface area contributed by atoms with Crippen molar-refractivity contribution in [1.29, 1.82) is 0 Å². The zero-order valence-electron chi connectivity index (χ0n) is 11.4. The summed E-state index contributed by atoms with van der Waals surface area (Å²) in [6.45, 7) is 0. The van der Waals surface area contributed by atoms with Crippen LogP contribution in [0.15, 0.2) is 36.5 Å². The van der Waals surface area contributed by atoms with E-state index in [1.54, 1.807) is 0 Å². The second kappa shape index (κ2) is 5.57. The molecule has 1 aliphatic rings. The van der Waals surface area contributed by atoms with Crippen molar-refractivity contribution in [3.8, 4) is 11.3 Å².